The van der Waals surface area contributed by atoms with Gasteiger partial charge in [-0.05, 0) is 24.6 Å². The molecule has 0 unspecified atom stereocenters. The van der Waals surface area contributed by atoms with Crippen molar-refractivity contribution in [3.63, 3.8) is 0 Å². The van der Waals surface area contributed by atoms with Gasteiger partial charge in [0.1, 0.15) is 5.75 Å². The third kappa shape index (κ3) is 3.59. The first-order valence-electron chi connectivity index (χ1n) is 4.82. The Balaban J connectivity index is 2.61. The number of benzene rings is 1. The number of amides is 1. The van der Waals surface area contributed by atoms with Crippen LogP contribution in [0.15, 0.2) is 24.3 Å². The van der Waals surface area contributed by atoms with E-state index in [4.69, 9.17) is 10.5 Å². The van der Waals surface area contributed by atoms with Crippen LogP contribution >= 0.6 is 0 Å². The van der Waals surface area contributed by atoms with Crippen LogP contribution in [0.25, 0.3) is 0 Å². The maximum Gasteiger partial charge on any atom is 0.257 e. The second-order valence-electron chi connectivity index (χ2n) is 3.32. The molecule has 3 N–H and O–H groups in total. The van der Waals surface area contributed by atoms with Crippen LogP contribution in [0.5, 0.6) is 5.75 Å². The van der Waals surface area contributed by atoms with Crippen LogP contribution in [-0.2, 0) is 4.79 Å². The van der Waals surface area contributed by atoms with Gasteiger partial charge in [-0.1, -0.05) is 12.1 Å². The van der Waals surface area contributed by atoms with Crippen molar-refractivity contribution in [2.45, 2.75) is 13.0 Å². The molecule has 0 aromatic heterocycles. The molecule has 0 bridgehead atoms. The molecule has 1 aromatic carbocycles. The lowest BCUT2D eigenvalue weighted by atomic mass is 10.1. The lowest BCUT2D eigenvalue weighted by Crippen LogP contribution is -2.24. The predicted molar refractivity (Wildman–Crippen MR) is 58.6 cm³/mol. The number of carbonyl (C=O) groups excluding carboxylic acids is 1. The molecule has 4 nitrogen and oxygen atoms in total. The molecule has 0 saturated heterocycles. The average Bonchev–Trinajstić information content (AvgIpc) is 2.26. The summed E-state index contributed by atoms with van der Waals surface area (Å²) in [6.07, 6.45) is 0. The summed E-state index contributed by atoms with van der Waals surface area (Å²) in [5, 5.41) is 2.48. The van der Waals surface area contributed by atoms with Gasteiger partial charge >= 0.3 is 0 Å². The predicted octanol–water partition coefficient (Wildman–Crippen LogP) is 0.831. The summed E-state index contributed by atoms with van der Waals surface area (Å²) in [6.45, 7) is 1.93. The lowest BCUT2D eigenvalue weighted by molar-refractivity contribution is -0.122. The Labute approximate surface area is 89.4 Å². The number of hydrogen-bond acceptors (Lipinski definition) is 3. The number of hydrogen-bond donors (Lipinski definition) is 2. The number of carbonyl (C=O) groups is 1. The Morgan fingerprint density at radius 2 is 2.33 bits per heavy atom. The van der Waals surface area contributed by atoms with Crippen molar-refractivity contribution in [1.82, 2.24) is 5.32 Å². The van der Waals surface area contributed by atoms with E-state index in [1.54, 1.807) is 13.1 Å². The summed E-state index contributed by atoms with van der Waals surface area (Å²) in [5.74, 6) is 0.509. The summed E-state index contributed by atoms with van der Waals surface area (Å²) in [5.41, 5.74) is 6.72. The molecule has 0 spiro atoms. The Morgan fingerprint density at radius 1 is 1.60 bits per heavy atom. The van der Waals surface area contributed by atoms with E-state index in [2.05, 4.69) is 5.32 Å². The van der Waals surface area contributed by atoms with Crippen LogP contribution in [0.4, 0.5) is 0 Å². The van der Waals surface area contributed by atoms with E-state index in [-0.39, 0.29) is 18.6 Å². The molecule has 1 rings (SSSR count). The van der Waals surface area contributed by atoms with Crippen molar-refractivity contribution in [2.75, 3.05) is 13.7 Å². The van der Waals surface area contributed by atoms with Gasteiger partial charge in [-0.15, -0.1) is 0 Å². The van der Waals surface area contributed by atoms with Crippen molar-refractivity contribution in [2.24, 2.45) is 5.73 Å². The highest BCUT2D eigenvalue weighted by atomic mass is 16.5. The molecular weight excluding hydrogens is 192 g/mol. The summed E-state index contributed by atoms with van der Waals surface area (Å²) in [7, 11) is 1.57. The smallest absolute Gasteiger partial charge is 0.257 e. The van der Waals surface area contributed by atoms with Gasteiger partial charge in [0.25, 0.3) is 5.91 Å². The van der Waals surface area contributed by atoms with Crippen molar-refractivity contribution in [1.29, 1.82) is 0 Å². The highest BCUT2D eigenvalue weighted by Gasteiger charge is 2.03. The standard InChI is InChI=1S/C11H16N2O2/c1-8(12)9-4-3-5-10(6-9)15-7-11(14)13-2/h3-6,8H,7,12H2,1-2H3,(H,13,14)/t8-/m1/s1. The van der Waals surface area contributed by atoms with Gasteiger partial charge < -0.3 is 15.8 Å². The zero-order chi connectivity index (χ0) is 11.3. The molecule has 4 heteroatoms. The van der Waals surface area contributed by atoms with E-state index in [0.717, 1.165) is 5.56 Å². The molecule has 1 amide bonds. The maximum absolute atomic E-state index is 10.9. The molecule has 0 aliphatic carbocycles. The zero-order valence-corrected chi connectivity index (χ0v) is 8.99. The minimum atomic E-state index is -0.152. The number of rotatable bonds is 4. The highest BCUT2D eigenvalue weighted by Crippen LogP contribution is 2.17. The van der Waals surface area contributed by atoms with Crippen LogP contribution in [0.3, 0.4) is 0 Å². The molecule has 15 heavy (non-hydrogen) atoms. The van der Waals surface area contributed by atoms with E-state index in [1.807, 2.05) is 25.1 Å². The summed E-state index contributed by atoms with van der Waals surface area (Å²) in [4.78, 5) is 10.9. The summed E-state index contributed by atoms with van der Waals surface area (Å²) < 4.78 is 5.28. The number of nitrogens with two attached hydrogens (primary N) is 1. The van der Waals surface area contributed by atoms with Gasteiger partial charge in [-0.3, -0.25) is 4.79 Å². The Hall–Kier alpha value is -1.55. The first-order chi connectivity index (χ1) is 7.13. The Morgan fingerprint density at radius 3 is 2.93 bits per heavy atom. The fraction of sp³-hybridized carbons (Fsp3) is 0.364. The van der Waals surface area contributed by atoms with E-state index in [0.29, 0.717) is 5.75 Å². The first kappa shape index (κ1) is 11.5. The SMILES string of the molecule is CNC(=O)COc1cccc([C@@H](C)N)c1. The molecule has 0 aliphatic heterocycles. The van der Waals surface area contributed by atoms with Gasteiger partial charge in [0.05, 0.1) is 0 Å². The fourth-order valence-corrected chi connectivity index (χ4v) is 1.11. The number of likely N-dealkylation sites (N-methyl/N-ethyl adjacent to an activating group) is 1. The minimum absolute atomic E-state index is 0.0267. The van der Waals surface area contributed by atoms with Crippen molar-refractivity contribution in [3.05, 3.63) is 29.8 Å². The van der Waals surface area contributed by atoms with Gasteiger partial charge in [0, 0.05) is 13.1 Å². The fourth-order valence-electron chi connectivity index (χ4n) is 1.11. The molecule has 1 aromatic rings. The molecule has 82 valence electrons. The molecular formula is C11H16N2O2. The second-order valence-corrected chi connectivity index (χ2v) is 3.32. The second kappa shape index (κ2) is 5.36. The molecule has 0 fully saturated rings. The van der Waals surface area contributed by atoms with Crippen molar-refractivity contribution in [3.8, 4) is 5.75 Å². The first-order valence-corrected chi connectivity index (χ1v) is 4.82. The van der Waals surface area contributed by atoms with Crippen molar-refractivity contribution < 1.29 is 9.53 Å². The molecule has 0 saturated carbocycles. The van der Waals surface area contributed by atoms with Crippen LogP contribution in [-0.4, -0.2) is 19.6 Å². The van der Waals surface area contributed by atoms with E-state index in [1.165, 1.54) is 0 Å². The van der Waals surface area contributed by atoms with Crippen LogP contribution in [0.2, 0.25) is 0 Å². The van der Waals surface area contributed by atoms with Crippen LogP contribution in [0.1, 0.15) is 18.5 Å². The van der Waals surface area contributed by atoms with Crippen molar-refractivity contribution >= 4 is 5.91 Å². The van der Waals surface area contributed by atoms with E-state index in [9.17, 15) is 4.79 Å². The van der Waals surface area contributed by atoms with E-state index < -0.39 is 0 Å². The van der Waals surface area contributed by atoms with Gasteiger partial charge in [0.2, 0.25) is 0 Å². The largest absolute Gasteiger partial charge is 0.484 e. The summed E-state index contributed by atoms with van der Waals surface area (Å²) >= 11 is 0. The monoisotopic (exact) mass is 208 g/mol. The molecule has 0 aliphatic rings. The third-order valence-electron chi connectivity index (χ3n) is 2.03. The average molecular weight is 208 g/mol. The molecule has 0 radical (unpaired) electrons. The number of ether oxygens (including phenoxy) is 1. The quantitative estimate of drug-likeness (QED) is 0.770. The number of nitrogens with one attached hydrogen (secondary N) is 1. The minimum Gasteiger partial charge on any atom is -0.484 e. The Kier molecular flexibility index (Phi) is 4.12. The van der Waals surface area contributed by atoms with E-state index >= 15 is 0 Å². The van der Waals surface area contributed by atoms with Gasteiger partial charge in [0.15, 0.2) is 6.61 Å². The maximum atomic E-state index is 10.9. The molecule has 1 atom stereocenters. The van der Waals surface area contributed by atoms with Gasteiger partial charge in [-0.25, -0.2) is 0 Å². The zero-order valence-electron chi connectivity index (χ0n) is 8.99. The van der Waals surface area contributed by atoms with Gasteiger partial charge in [-0.2, -0.15) is 0 Å². The highest BCUT2D eigenvalue weighted by molar-refractivity contribution is 5.77. The van der Waals surface area contributed by atoms with Crippen LogP contribution < -0.4 is 15.8 Å². The third-order valence-corrected chi connectivity index (χ3v) is 2.03. The summed E-state index contributed by atoms with van der Waals surface area (Å²) in [6, 6.07) is 7.39. The normalized spacial score (nSPS) is 11.9. The lowest BCUT2D eigenvalue weighted by Gasteiger charge is -2.09. The van der Waals surface area contributed by atoms with Crippen LogP contribution in [0, 0.1) is 0 Å². The molecule has 0 heterocycles. The Bertz CT molecular complexity index is 337. The topological polar surface area (TPSA) is 64.3 Å².